The van der Waals surface area contributed by atoms with Gasteiger partial charge in [-0.1, -0.05) is 200 Å². The van der Waals surface area contributed by atoms with E-state index < -0.39 is 5.85 Å². The highest BCUT2D eigenvalue weighted by Crippen LogP contribution is 2.16. The van der Waals surface area contributed by atoms with Crippen molar-refractivity contribution >= 4 is 0 Å². The summed E-state index contributed by atoms with van der Waals surface area (Å²) >= 11 is 0. The zero-order chi connectivity index (χ0) is 28.5. The summed E-state index contributed by atoms with van der Waals surface area (Å²) in [6.07, 6.45) is 43.7. The van der Waals surface area contributed by atoms with E-state index in [4.69, 9.17) is 16.2 Å². The SMILES string of the molecule is CCCCCCCCCCCCCCCCCCOC(N)(N)CCCCCCCCCCCCCCCCC. The summed E-state index contributed by atoms with van der Waals surface area (Å²) in [5, 5.41) is 0. The largest absolute Gasteiger partial charge is 0.348 e. The summed E-state index contributed by atoms with van der Waals surface area (Å²) in [6.45, 7) is 5.30. The Balaban J connectivity index is 3.26. The lowest BCUT2D eigenvalue weighted by Gasteiger charge is -2.25. The van der Waals surface area contributed by atoms with Gasteiger partial charge in [0, 0.05) is 6.42 Å². The fraction of sp³-hybridized carbons (Fsp3) is 1.00. The topological polar surface area (TPSA) is 61.3 Å². The van der Waals surface area contributed by atoms with E-state index in [0.29, 0.717) is 6.61 Å². The van der Waals surface area contributed by atoms with Crippen molar-refractivity contribution in [3.8, 4) is 0 Å². The van der Waals surface area contributed by atoms with E-state index in [1.54, 1.807) is 0 Å². The third-order valence-electron chi connectivity index (χ3n) is 8.54. The van der Waals surface area contributed by atoms with Gasteiger partial charge in [0.25, 0.3) is 0 Å². The molecular formula is C36H76N2O. The van der Waals surface area contributed by atoms with E-state index in [-0.39, 0.29) is 0 Å². The lowest BCUT2D eigenvalue weighted by molar-refractivity contribution is -0.0458. The van der Waals surface area contributed by atoms with Gasteiger partial charge in [-0.25, -0.2) is 0 Å². The van der Waals surface area contributed by atoms with Gasteiger partial charge in [-0.3, -0.25) is 11.5 Å². The fourth-order valence-corrected chi connectivity index (χ4v) is 5.76. The van der Waals surface area contributed by atoms with Crippen LogP contribution in [0.5, 0.6) is 0 Å². The molecule has 0 unspecified atom stereocenters. The molecule has 0 saturated heterocycles. The highest BCUT2D eigenvalue weighted by Gasteiger charge is 2.18. The molecule has 0 aliphatic heterocycles. The van der Waals surface area contributed by atoms with Crippen molar-refractivity contribution in [3.05, 3.63) is 0 Å². The maximum absolute atomic E-state index is 6.19. The third-order valence-corrected chi connectivity index (χ3v) is 8.54. The average Bonchev–Trinajstić information content (AvgIpc) is 2.92. The summed E-state index contributed by atoms with van der Waals surface area (Å²) in [4.78, 5) is 0. The summed E-state index contributed by atoms with van der Waals surface area (Å²) in [5.74, 6) is -0.925. The monoisotopic (exact) mass is 553 g/mol. The van der Waals surface area contributed by atoms with Crippen LogP contribution in [0, 0.1) is 0 Å². The number of hydrogen-bond acceptors (Lipinski definition) is 3. The molecule has 0 aliphatic rings. The second-order valence-corrected chi connectivity index (χ2v) is 12.8. The molecule has 0 spiro atoms. The molecule has 0 heterocycles. The minimum Gasteiger partial charge on any atom is -0.348 e. The van der Waals surface area contributed by atoms with Crippen molar-refractivity contribution in [1.29, 1.82) is 0 Å². The van der Waals surface area contributed by atoms with E-state index in [0.717, 1.165) is 19.3 Å². The maximum Gasteiger partial charge on any atom is 0.169 e. The quantitative estimate of drug-likeness (QED) is 0.0616. The molecule has 0 amide bonds. The summed E-state index contributed by atoms with van der Waals surface area (Å²) in [7, 11) is 0. The molecule has 3 heteroatoms. The van der Waals surface area contributed by atoms with E-state index in [2.05, 4.69) is 13.8 Å². The highest BCUT2D eigenvalue weighted by molar-refractivity contribution is 4.65. The molecule has 3 nitrogen and oxygen atoms in total. The molecule has 0 aromatic carbocycles. The van der Waals surface area contributed by atoms with Crippen LogP contribution in [0.2, 0.25) is 0 Å². The second-order valence-electron chi connectivity index (χ2n) is 12.8. The molecule has 0 radical (unpaired) electrons. The Morgan fingerprint density at radius 2 is 0.564 bits per heavy atom. The molecule has 39 heavy (non-hydrogen) atoms. The Morgan fingerprint density at radius 3 is 0.846 bits per heavy atom. The Hall–Kier alpha value is -0.120. The van der Waals surface area contributed by atoms with Gasteiger partial charge in [0.1, 0.15) is 0 Å². The fourth-order valence-electron chi connectivity index (χ4n) is 5.76. The number of nitrogens with two attached hydrogens (primary N) is 2. The first-order valence-electron chi connectivity index (χ1n) is 18.3. The van der Waals surface area contributed by atoms with Gasteiger partial charge >= 0.3 is 0 Å². The second kappa shape index (κ2) is 32.4. The van der Waals surface area contributed by atoms with Crippen LogP contribution >= 0.6 is 0 Å². The zero-order valence-electron chi connectivity index (χ0n) is 27.4. The molecule has 0 aromatic rings. The standard InChI is InChI=1S/C36H76N2O/c1-3-5-7-9-11-13-15-17-19-21-23-25-27-29-31-33-35-39-36(37,38)34-32-30-28-26-24-22-20-18-16-14-12-10-8-6-4-2/h3-35,37-38H2,1-2H3. The number of rotatable bonds is 34. The summed E-state index contributed by atoms with van der Waals surface area (Å²) in [6, 6.07) is 0. The molecule has 0 aromatic heterocycles. The molecule has 0 bridgehead atoms. The van der Waals surface area contributed by atoms with Gasteiger partial charge in [0.15, 0.2) is 5.85 Å². The van der Waals surface area contributed by atoms with Crippen LogP contribution < -0.4 is 11.5 Å². The Labute approximate surface area is 247 Å². The first-order chi connectivity index (χ1) is 19.1. The summed E-state index contributed by atoms with van der Waals surface area (Å²) in [5.41, 5.74) is 12.4. The van der Waals surface area contributed by atoms with Gasteiger partial charge in [0.2, 0.25) is 0 Å². The predicted molar refractivity (Wildman–Crippen MR) is 176 cm³/mol. The third kappa shape index (κ3) is 34.0. The van der Waals surface area contributed by atoms with Crippen molar-refractivity contribution in [2.75, 3.05) is 6.61 Å². The average molecular weight is 553 g/mol. The minimum atomic E-state index is -0.925. The zero-order valence-corrected chi connectivity index (χ0v) is 27.4. The van der Waals surface area contributed by atoms with Crippen LogP contribution in [0.25, 0.3) is 0 Å². The van der Waals surface area contributed by atoms with E-state index >= 15 is 0 Å². The lowest BCUT2D eigenvalue weighted by atomic mass is 10.0. The molecule has 0 rings (SSSR count). The Morgan fingerprint density at radius 1 is 0.333 bits per heavy atom. The molecule has 0 saturated carbocycles. The van der Waals surface area contributed by atoms with Crippen molar-refractivity contribution in [1.82, 2.24) is 0 Å². The van der Waals surface area contributed by atoms with E-state index in [9.17, 15) is 0 Å². The number of ether oxygens (including phenoxy) is 1. The lowest BCUT2D eigenvalue weighted by Crippen LogP contribution is -2.52. The Kier molecular flexibility index (Phi) is 32.3. The Bertz CT molecular complexity index is 440. The first kappa shape index (κ1) is 38.9. The predicted octanol–water partition coefficient (Wildman–Crippen LogP) is 12.1. The van der Waals surface area contributed by atoms with Gasteiger partial charge in [0.05, 0.1) is 6.61 Å². The van der Waals surface area contributed by atoms with Gasteiger partial charge in [-0.2, -0.15) is 0 Å². The van der Waals surface area contributed by atoms with Crippen molar-refractivity contribution < 1.29 is 4.74 Å². The van der Waals surface area contributed by atoms with Crippen molar-refractivity contribution in [2.45, 2.75) is 225 Å². The highest BCUT2D eigenvalue weighted by atomic mass is 16.5. The van der Waals surface area contributed by atoms with E-state index in [1.165, 1.54) is 186 Å². The van der Waals surface area contributed by atoms with Crippen LogP contribution in [0.3, 0.4) is 0 Å². The van der Waals surface area contributed by atoms with Crippen molar-refractivity contribution in [2.24, 2.45) is 11.5 Å². The van der Waals surface area contributed by atoms with Gasteiger partial charge < -0.3 is 4.74 Å². The molecule has 236 valence electrons. The van der Waals surface area contributed by atoms with Crippen LogP contribution in [0.4, 0.5) is 0 Å². The minimum absolute atomic E-state index is 0.712. The normalized spacial score (nSPS) is 12.0. The molecule has 0 aliphatic carbocycles. The van der Waals surface area contributed by atoms with Gasteiger partial charge in [-0.05, 0) is 12.8 Å². The molecular weight excluding hydrogens is 476 g/mol. The van der Waals surface area contributed by atoms with Crippen LogP contribution in [-0.2, 0) is 4.74 Å². The van der Waals surface area contributed by atoms with Crippen molar-refractivity contribution in [3.63, 3.8) is 0 Å². The first-order valence-corrected chi connectivity index (χ1v) is 18.3. The number of hydrogen-bond donors (Lipinski definition) is 2. The van der Waals surface area contributed by atoms with Crippen LogP contribution in [0.1, 0.15) is 219 Å². The molecule has 4 N–H and O–H groups in total. The molecule has 0 fully saturated rings. The smallest absolute Gasteiger partial charge is 0.169 e. The van der Waals surface area contributed by atoms with Gasteiger partial charge in [-0.15, -0.1) is 0 Å². The van der Waals surface area contributed by atoms with Crippen LogP contribution in [-0.4, -0.2) is 12.5 Å². The van der Waals surface area contributed by atoms with Crippen LogP contribution in [0.15, 0.2) is 0 Å². The maximum atomic E-state index is 6.19. The summed E-state index contributed by atoms with van der Waals surface area (Å²) < 4.78 is 5.82. The number of unbranched alkanes of at least 4 members (excludes halogenated alkanes) is 29. The molecule has 0 atom stereocenters. The van der Waals surface area contributed by atoms with E-state index in [1.807, 2.05) is 0 Å².